The van der Waals surface area contributed by atoms with Crippen LogP contribution in [0.2, 0.25) is 5.02 Å². The monoisotopic (exact) mass is 376 g/mol. The van der Waals surface area contributed by atoms with E-state index in [1.165, 1.54) is 43.0 Å². The van der Waals surface area contributed by atoms with E-state index in [1.54, 1.807) is 6.07 Å². The van der Waals surface area contributed by atoms with Crippen LogP contribution in [0.3, 0.4) is 0 Å². The molecule has 0 unspecified atom stereocenters. The number of carbonyl (C=O) groups excluding carboxylic acids is 1. The molecule has 1 aliphatic carbocycles. The lowest BCUT2D eigenvalue weighted by molar-refractivity contribution is -0.118. The van der Waals surface area contributed by atoms with E-state index < -0.39 is 0 Å². The van der Waals surface area contributed by atoms with Crippen molar-refractivity contribution in [1.29, 1.82) is 0 Å². The van der Waals surface area contributed by atoms with Crippen molar-refractivity contribution in [1.82, 2.24) is 20.5 Å². The SMILES string of the molecule is O=C(CSc1n[nH]c(-c2ccccc2Cl)n1)NCCC1=CCCCC1. The number of hydrogen-bond donors (Lipinski definition) is 2. The molecule has 2 N–H and O–H groups in total. The Morgan fingerprint density at radius 1 is 1.32 bits per heavy atom. The van der Waals surface area contributed by atoms with Crippen LogP contribution in [-0.4, -0.2) is 33.4 Å². The first kappa shape index (κ1) is 18.0. The molecule has 1 aromatic heterocycles. The van der Waals surface area contributed by atoms with Gasteiger partial charge in [0.05, 0.1) is 10.8 Å². The number of rotatable bonds is 7. The van der Waals surface area contributed by atoms with Gasteiger partial charge in [-0.25, -0.2) is 4.98 Å². The lowest BCUT2D eigenvalue weighted by atomic mass is 9.97. The largest absolute Gasteiger partial charge is 0.355 e. The molecule has 0 saturated carbocycles. The number of hydrogen-bond acceptors (Lipinski definition) is 4. The van der Waals surface area contributed by atoms with Crippen molar-refractivity contribution in [2.24, 2.45) is 0 Å². The Bertz CT molecular complexity index is 759. The number of H-pyrrole nitrogens is 1. The van der Waals surface area contributed by atoms with Gasteiger partial charge in [0, 0.05) is 12.1 Å². The highest BCUT2D eigenvalue weighted by atomic mass is 35.5. The number of halogens is 1. The average Bonchev–Trinajstić information content (AvgIpc) is 3.10. The molecular weight excluding hydrogens is 356 g/mol. The summed E-state index contributed by atoms with van der Waals surface area (Å²) in [5.74, 6) is 0.919. The minimum atomic E-state index is 0.00510. The molecule has 0 fully saturated rings. The molecule has 1 heterocycles. The maximum Gasteiger partial charge on any atom is 0.230 e. The molecule has 5 nitrogen and oxygen atoms in total. The van der Waals surface area contributed by atoms with E-state index >= 15 is 0 Å². The maximum atomic E-state index is 12.0. The molecule has 1 amide bonds. The summed E-state index contributed by atoms with van der Waals surface area (Å²) >= 11 is 7.47. The standard InChI is InChI=1S/C18H21ClN4OS/c19-15-9-5-4-8-14(15)17-21-18(23-22-17)25-12-16(24)20-11-10-13-6-2-1-3-7-13/h4-6,8-9H,1-3,7,10-12H2,(H,20,24)(H,21,22,23). The number of aromatic nitrogens is 3. The van der Waals surface area contributed by atoms with Crippen LogP contribution in [0.15, 0.2) is 41.1 Å². The molecule has 1 aromatic carbocycles. The second-order valence-electron chi connectivity index (χ2n) is 5.94. The second-order valence-corrected chi connectivity index (χ2v) is 7.29. The van der Waals surface area contributed by atoms with Gasteiger partial charge in [0.15, 0.2) is 5.82 Å². The number of nitrogens with one attached hydrogen (secondary N) is 2. The number of nitrogens with zero attached hydrogens (tertiary/aromatic N) is 2. The van der Waals surface area contributed by atoms with Gasteiger partial charge >= 0.3 is 0 Å². The number of allylic oxidation sites excluding steroid dienone is 1. The van der Waals surface area contributed by atoms with E-state index in [1.807, 2.05) is 18.2 Å². The lowest BCUT2D eigenvalue weighted by Crippen LogP contribution is -2.26. The number of thioether (sulfide) groups is 1. The van der Waals surface area contributed by atoms with E-state index in [4.69, 9.17) is 11.6 Å². The summed E-state index contributed by atoms with van der Waals surface area (Å²) in [5.41, 5.74) is 2.27. The number of benzene rings is 1. The van der Waals surface area contributed by atoms with Crippen LogP contribution in [0.25, 0.3) is 11.4 Å². The van der Waals surface area contributed by atoms with Gasteiger partial charge in [-0.3, -0.25) is 9.89 Å². The Morgan fingerprint density at radius 2 is 2.20 bits per heavy atom. The summed E-state index contributed by atoms with van der Waals surface area (Å²) in [7, 11) is 0. The van der Waals surface area contributed by atoms with Crippen molar-refractivity contribution < 1.29 is 4.79 Å². The Morgan fingerprint density at radius 3 is 3.00 bits per heavy atom. The summed E-state index contributed by atoms with van der Waals surface area (Å²) in [5, 5.41) is 11.1. The van der Waals surface area contributed by atoms with Gasteiger partial charge in [0.2, 0.25) is 11.1 Å². The van der Waals surface area contributed by atoms with Crippen LogP contribution in [0, 0.1) is 0 Å². The molecule has 25 heavy (non-hydrogen) atoms. The first-order chi connectivity index (χ1) is 12.2. The van der Waals surface area contributed by atoms with Gasteiger partial charge in [-0.15, -0.1) is 5.10 Å². The molecule has 0 aliphatic heterocycles. The van der Waals surface area contributed by atoms with Crippen LogP contribution in [0.1, 0.15) is 32.1 Å². The zero-order valence-corrected chi connectivity index (χ0v) is 15.5. The molecule has 2 aromatic rings. The van der Waals surface area contributed by atoms with E-state index in [0.29, 0.717) is 28.3 Å². The maximum absolute atomic E-state index is 12.0. The highest BCUT2D eigenvalue weighted by Crippen LogP contribution is 2.26. The molecule has 0 atom stereocenters. The number of carbonyl (C=O) groups is 1. The summed E-state index contributed by atoms with van der Waals surface area (Å²) in [4.78, 5) is 16.3. The topological polar surface area (TPSA) is 70.7 Å². The first-order valence-corrected chi connectivity index (χ1v) is 9.83. The number of amides is 1. The Hall–Kier alpha value is -1.79. The Balaban J connectivity index is 1.43. The highest BCUT2D eigenvalue weighted by molar-refractivity contribution is 7.99. The fourth-order valence-electron chi connectivity index (χ4n) is 2.76. The van der Waals surface area contributed by atoms with Crippen LogP contribution in [0.4, 0.5) is 0 Å². The van der Waals surface area contributed by atoms with Crippen molar-refractivity contribution >= 4 is 29.3 Å². The minimum Gasteiger partial charge on any atom is -0.355 e. The third-order valence-electron chi connectivity index (χ3n) is 4.08. The normalized spacial score (nSPS) is 14.2. The number of aromatic amines is 1. The minimum absolute atomic E-state index is 0.00510. The van der Waals surface area contributed by atoms with Crippen LogP contribution in [-0.2, 0) is 4.79 Å². The second kappa shape index (κ2) is 9.06. The highest BCUT2D eigenvalue weighted by Gasteiger charge is 2.11. The fraction of sp³-hybridized carbons (Fsp3) is 0.389. The zero-order chi connectivity index (χ0) is 17.5. The van der Waals surface area contributed by atoms with Crippen molar-refractivity contribution in [3.05, 3.63) is 40.9 Å². The Kier molecular flexibility index (Phi) is 6.53. The quantitative estimate of drug-likeness (QED) is 0.560. The van der Waals surface area contributed by atoms with Gasteiger partial charge in [0.1, 0.15) is 0 Å². The zero-order valence-electron chi connectivity index (χ0n) is 13.9. The summed E-state index contributed by atoms with van der Waals surface area (Å²) in [6.07, 6.45) is 8.18. The smallest absolute Gasteiger partial charge is 0.230 e. The van der Waals surface area contributed by atoms with E-state index in [-0.39, 0.29) is 5.91 Å². The third-order valence-corrected chi connectivity index (χ3v) is 5.26. The van der Waals surface area contributed by atoms with E-state index in [0.717, 1.165) is 12.0 Å². The van der Waals surface area contributed by atoms with Gasteiger partial charge < -0.3 is 5.32 Å². The molecule has 0 bridgehead atoms. The predicted octanol–water partition coefficient (Wildman–Crippen LogP) is 4.22. The van der Waals surface area contributed by atoms with E-state index in [9.17, 15) is 4.79 Å². The summed E-state index contributed by atoms with van der Waals surface area (Å²) in [6, 6.07) is 7.45. The summed E-state index contributed by atoms with van der Waals surface area (Å²) < 4.78 is 0. The molecule has 0 saturated heterocycles. The fourth-order valence-corrected chi connectivity index (χ4v) is 3.61. The van der Waals surface area contributed by atoms with Crippen molar-refractivity contribution in [2.75, 3.05) is 12.3 Å². The molecular formula is C18H21ClN4OS. The lowest BCUT2D eigenvalue weighted by Gasteiger charge is -2.12. The first-order valence-electron chi connectivity index (χ1n) is 8.47. The van der Waals surface area contributed by atoms with Gasteiger partial charge in [-0.2, -0.15) is 0 Å². The molecule has 0 spiro atoms. The molecule has 132 valence electrons. The summed E-state index contributed by atoms with van der Waals surface area (Å²) in [6.45, 7) is 0.699. The average molecular weight is 377 g/mol. The molecule has 1 aliphatic rings. The van der Waals surface area contributed by atoms with Gasteiger partial charge in [-0.05, 0) is 44.2 Å². The van der Waals surface area contributed by atoms with Crippen molar-refractivity contribution in [2.45, 2.75) is 37.3 Å². The Labute approximate surface area is 156 Å². The van der Waals surface area contributed by atoms with Crippen molar-refractivity contribution in [3.63, 3.8) is 0 Å². The molecule has 0 radical (unpaired) electrons. The van der Waals surface area contributed by atoms with Gasteiger partial charge in [0.25, 0.3) is 0 Å². The molecule has 3 rings (SSSR count). The van der Waals surface area contributed by atoms with Crippen molar-refractivity contribution in [3.8, 4) is 11.4 Å². The van der Waals surface area contributed by atoms with E-state index in [2.05, 4.69) is 26.6 Å². The third kappa shape index (κ3) is 5.34. The van der Waals surface area contributed by atoms with Crippen LogP contribution < -0.4 is 5.32 Å². The van der Waals surface area contributed by atoms with Crippen LogP contribution >= 0.6 is 23.4 Å². The predicted molar refractivity (Wildman–Crippen MR) is 102 cm³/mol. The van der Waals surface area contributed by atoms with Crippen LogP contribution in [0.5, 0.6) is 0 Å². The van der Waals surface area contributed by atoms with Gasteiger partial charge in [-0.1, -0.05) is 47.1 Å². The molecule has 7 heteroatoms.